The molecule has 0 saturated heterocycles. The van der Waals surface area contributed by atoms with Crippen LogP contribution in [-0.4, -0.2) is 22.1 Å². The molecule has 4 heteroatoms. The predicted molar refractivity (Wildman–Crippen MR) is 61.2 cm³/mol. The number of hydrogen-bond acceptors (Lipinski definition) is 2. The number of H-pyrrole nitrogens is 1. The summed E-state index contributed by atoms with van der Waals surface area (Å²) in [4.78, 5) is 11.9. The molecule has 1 aromatic heterocycles. The fraction of sp³-hybridized carbons (Fsp3) is 0.333. The molecule has 0 atom stereocenters. The van der Waals surface area contributed by atoms with Crippen molar-refractivity contribution in [1.82, 2.24) is 15.5 Å². The molecule has 82 valence electrons. The molecule has 1 aromatic carbocycles. The van der Waals surface area contributed by atoms with Gasteiger partial charge in [0.2, 0.25) is 0 Å². The summed E-state index contributed by atoms with van der Waals surface area (Å²) in [6.07, 6.45) is 5.18. The Hall–Kier alpha value is -1.84. The smallest absolute Gasteiger partial charge is 0.251 e. The first-order chi connectivity index (χ1) is 7.83. The zero-order chi connectivity index (χ0) is 11.0. The van der Waals surface area contributed by atoms with E-state index in [9.17, 15) is 4.79 Å². The van der Waals surface area contributed by atoms with E-state index in [0.29, 0.717) is 11.6 Å². The fourth-order valence-electron chi connectivity index (χ4n) is 1.91. The van der Waals surface area contributed by atoms with Crippen molar-refractivity contribution in [2.24, 2.45) is 0 Å². The number of nitrogens with one attached hydrogen (secondary N) is 2. The lowest BCUT2D eigenvalue weighted by Gasteiger charge is -2.26. The van der Waals surface area contributed by atoms with Gasteiger partial charge in [0.15, 0.2) is 0 Å². The number of hydrogen-bond donors (Lipinski definition) is 2. The monoisotopic (exact) mass is 215 g/mol. The Kier molecular flexibility index (Phi) is 2.13. The number of fused-ring (bicyclic) bond motifs is 1. The van der Waals surface area contributed by atoms with Crippen LogP contribution in [0.15, 0.2) is 24.4 Å². The Morgan fingerprint density at radius 1 is 1.44 bits per heavy atom. The van der Waals surface area contributed by atoms with Crippen molar-refractivity contribution in [3.63, 3.8) is 0 Å². The van der Waals surface area contributed by atoms with Crippen LogP contribution in [0.2, 0.25) is 0 Å². The molecule has 1 aliphatic carbocycles. The molecular weight excluding hydrogens is 202 g/mol. The topological polar surface area (TPSA) is 57.8 Å². The number of aromatic nitrogens is 2. The first-order valence-electron chi connectivity index (χ1n) is 5.57. The second-order valence-electron chi connectivity index (χ2n) is 4.27. The van der Waals surface area contributed by atoms with Crippen LogP contribution in [-0.2, 0) is 0 Å². The summed E-state index contributed by atoms with van der Waals surface area (Å²) < 4.78 is 0. The highest BCUT2D eigenvalue weighted by Gasteiger charge is 2.20. The molecular formula is C12H13N3O. The average molecular weight is 215 g/mol. The number of rotatable bonds is 2. The molecule has 1 aliphatic rings. The number of aromatic amines is 1. The Bertz CT molecular complexity index is 528. The minimum Gasteiger partial charge on any atom is -0.349 e. The third-order valence-electron chi connectivity index (χ3n) is 3.14. The maximum Gasteiger partial charge on any atom is 0.251 e. The maximum absolute atomic E-state index is 11.9. The molecule has 1 heterocycles. The van der Waals surface area contributed by atoms with Gasteiger partial charge >= 0.3 is 0 Å². The summed E-state index contributed by atoms with van der Waals surface area (Å²) in [5, 5.41) is 10.8. The van der Waals surface area contributed by atoms with E-state index in [1.54, 1.807) is 6.20 Å². The van der Waals surface area contributed by atoms with Gasteiger partial charge < -0.3 is 5.32 Å². The van der Waals surface area contributed by atoms with Gasteiger partial charge in [-0.15, -0.1) is 0 Å². The lowest BCUT2D eigenvalue weighted by Crippen LogP contribution is -2.39. The molecule has 16 heavy (non-hydrogen) atoms. The maximum atomic E-state index is 11.9. The normalized spacial score (nSPS) is 16.0. The van der Waals surface area contributed by atoms with Gasteiger partial charge in [0.25, 0.3) is 5.91 Å². The highest BCUT2D eigenvalue weighted by Crippen LogP contribution is 2.19. The summed E-state index contributed by atoms with van der Waals surface area (Å²) >= 11 is 0. The third-order valence-corrected chi connectivity index (χ3v) is 3.14. The lowest BCUT2D eigenvalue weighted by molar-refractivity contribution is 0.0917. The minimum absolute atomic E-state index is 0.0211. The summed E-state index contributed by atoms with van der Waals surface area (Å²) in [6, 6.07) is 5.96. The van der Waals surface area contributed by atoms with Crippen molar-refractivity contribution >= 4 is 16.8 Å². The molecule has 3 rings (SSSR count). The number of amides is 1. The molecule has 4 nitrogen and oxygen atoms in total. The Morgan fingerprint density at radius 2 is 2.31 bits per heavy atom. The van der Waals surface area contributed by atoms with Crippen LogP contribution in [0, 0.1) is 0 Å². The van der Waals surface area contributed by atoms with Crippen molar-refractivity contribution in [1.29, 1.82) is 0 Å². The van der Waals surface area contributed by atoms with Crippen molar-refractivity contribution in [2.75, 3.05) is 0 Å². The standard InChI is InChI=1S/C12H13N3O/c16-12(14-10-2-1-3-10)8-4-5-11-9(6-8)7-13-15-11/h4-7,10H,1-3H2,(H,13,15)(H,14,16). The third kappa shape index (κ3) is 1.56. The largest absolute Gasteiger partial charge is 0.349 e. The predicted octanol–water partition coefficient (Wildman–Crippen LogP) is 1.85. The number of carbonyl (C=O) groups excluding carboxylic acids is 1. The van der Waals surface area contributed by atoms with E-state index in [2.05, 4.69) is 15.5 Å². The molecule has 2 aromatic rings. The van der Waals surface area contributed by atoms with E-state index in [-0.39, 0.29) is 5.91 Å². The van der Waals surface area contributed by atoms with Crippen LogP contribution in [0.25, 0.3) is 10.9 Å². The Labute approximate surface area is 93.0 Å². The molecule has 1 saturated carbocycles. The zero-order valence-corrected chi connectivity index (χ0v) is 8.86. The molecule has 0 spiro atoms. The number of nitrogens with zero attached hydrogens (tertiary/aromatic N) is 1. The highest BCUT2D eigenvalue weighted by atomic mass is 16.1. The van der Waals surface area contributed by atoms with Crippen LogP contribution < -0.4 is 5.32 Å². The van der Waals surface area contributed by atoms with Gasteiger partial charge in [0.1, 0.15) is 0 Å². The SMILES string of the molecule is O=C(NC1CCC1)c1ccc2[nH]ncc2c1. The lowest BCUT2D eigenvalue weighted by atomic mass is 9.93. The van der Waals surface area contributed by atoms with Gasteiger partial charge in [-0.05, 0) is 37.5 Å². The summed E-state index contributed by atoms with van der Waals surface area (Å²) in [6.45, 7) is 0. The van der Waals surface area contributed by atoms with Crippen LogP contribution in [0.1, 0.15) is 29.6 Å². The first kappa shape index (κ1) is 9.39. The Balaban J connectivity index is 1.83. The molecule has 0 unspecified atom stereocenters. The van der Waals surface area contributed by atoms with E-state index in [1.807, 2.05) is 18.2 Å². The van der Waals surface area contributed by atoms with E-state index < -0.39 is 0 Å². The highest BCUT2D eigenvalue weighted by molar-refractivity contribution is 5.98. The fourth-order valence-corrected chi connectivity index (χ4v) is 1.91. The summed E-state index contributed by atoms with van der Waals surface area (Å²) in [7, 11) is 0. The van der Waals surface area contributed by atoms with Gasteiger partial charge in [-0.1, -0.05) is 0 Å². The molecule has 1 amide bonds. The molecule has 0 radical (unpaired) electrons. The van der Waals surface area contributed by atoms with Crippen molar-refractivity contribution in [3.8, 4) is 0 Å². The minimum atomic E-state index is 0.0211. The van der Waals surface area contributed by atoms with Gasteiger partial charge in [-0.25, -0.2) is 0 Å². The van der Waals surface area contributed by atoms with E-state index >= 15 is 0 Å². The zero-order valence-electron chi connectivity index (χ0n) is 8.86. The Morgan fingerprint density at radius 3 is 3.06 bits per heavy atom. The van der Waals surface area contributed by atoms with Crippen LogP contribution >= 0.6 is 0 Å². The van der Waals surface area contributed by atoms with Crippen LogP contribution in [0.4, 0.5) is 0 Å². The van der Waals surface area contributed by atoms with Crippen LogP contribution in [0.3, 0.4) is 0 Å². The van der Waals surface area contributed by atoms with Crippen molar-refractivity contribution in [3.05, 3.63) is 30.0 Å². The average Bonchev–Trinajstić information content (AvgIpc) is 2.69. The van der Waals surface area contributed by atoms with Crippen molar-refractivity contribution < 1.29 is 4.79 Å². The van der Waals surface area contributed by atoms with Gasteiger partial charge in [0, 0.05) is 17.0 Å². The van der Waals surface area contributed by atoms with Crippen LogP contribution in [0.5, 0.6) is 0 Å². The van der Waals surface area contributed by atoms with Gasteiger partial charge in [0.05, 0.1) is 11.7 Å². The summed E-state index contributed by atoms with van der Waals surface area (Å²) in [5.74, 6) is 0.0211. The van der Waals surface area contributed by atoms with Crippen molar-refractivity contribution in [2.45, 2.75) is 25.3 Å². The quantitative estimate of drug-likeness (QED) is 0.803. The second-order valence-corrected chi connectivity index (χ2v) is 4.27. The van der Waals surface area contributed by atoms with E-state index in [1.165, 1.54) is 6.42 Å². The molecule has 1 fully saturated rings. The first-order valence-corrected chi connectivity index (χ1v) is 5.57. The number of benzene rings is 1. The summed E-state index contributed by atoms with van der Waals surface area (Å²) in [5.41, 5.74) is 1.67. The van der Waals surface area contributed by atoms with E-state index in [4.69, 9.17) is 0 Å². The molecule has 2 N–H and O–H groups in total. The molecule has 0 aliphatic heterocycles. The molecule has 0 bridgehead atoms. The van der Waals surface area contributed by atoms with E-state index in [0.717, 1.165) is 23.7 Å². The van der Waals surface area contributed by atoms with Gasteiger partial charge in [-0.2, -0.15) is 5.10 Å². The van der Waals surface area contributed by atoms with Gasteiger partial charge in [-0.3, -0.25) is 9.89 Å². The second kappa shape index (κ2) is 3.63. The number of carbonyl (C=O) groups is 1.